The molecule has 2 unspecified atom stereocenters. The summed E-state index contributed by atoms with van der Waals surface area (Å²) in [5, 5.41) is 13.7. The maximum Gasteiger partial charge on any atom is 0.231 e. The summed E-state index contributed by atoms with van der Waals surface area (Å²) in [5.74, 6) is 1.73. The average molecular weight is 284 g/mol. The highest BCUT2D eigenvalue weighted by Crippen LogP contribution is 2.39. The second kappa shape index (κ2) is 5.57. The Bertz CT molecular complexity index is 466. The lowest BCUT2D eigenvalue weighted by Crippen LogP contribution is -2.27. The zero-order valence-electron chi connectivity index (χ0n) is 10.7. The van der Waals surface area contributed by atoms with Crippen molar-refractivity contribution in [3.8, 4) is 11.5 Å². The van der Waals surface area contributed by atoms with Gasteiger partial charge in [-0.05, 0) is 36.5 Å². The van der Waals surface area contributed by atoms with Crippen LogP contribution in [-0.4, -0.2) is 24.5 Å². The molecule has 1 aromatic carbocycles. The Hall–Kier alpha value is -0.970. The number of rotatable bonds is 4. The molecular weight excluding hydrogens is 266 g/mol. The van der Waals surface area contributed by atoms with Gasteiger partial charge in [0.25, 0.3) is 0 Å². The fraction of sp³-hybridized carbons (Fsp3) is 0.571. The molecule has 0 amide bonds. The molecule has 0 radical (unpaired) electrons. The third-order valence-corrected chi connectivity index (χ3v) is 4.12. The van der Waals surface area contributed by atoms with Crippen molar-refractivity contribution in [1.82, 2.24) is 5.32 Å². The van der Waals surface area contributed by atoms with Gasteiger partial charge in [-0.25, -0.2) is 0 Å². The van der Waals surface area contributed by atoms with Crippen molar-refractivity contribution >= 4 is 11.6 Å². The first-order valence-electron chi connectivity index (χ1n) is 6.71. The molecule has 1 aliphatic heterocycles. The van der Waals surface area contributed by atoms with E-state index in [2.05, 4.69) is 5.32 Å². The fourth-order valence-corrected chi connectivity index (χ4v) is 3.07. The third-order valence-electron chi connectivity index (χ3n) is 3.84. The SMILES string of the molecule is OC1CCCC1CNCc1cc(Cl)c2c(c1)OCO2. The summed E-state index contributed by atoms with van der Waals surface area (Å²) < 4.78 is 10.6. The second-order valence-electron chi connectivity index (χ2n) is 5.20. The Labute approximate surface area is 117 Å². The third kappa shape index (κ3) is 2.81. The second-order valence-corrected chi connectivity index (χ2v) is 5.61. The summed E-state index contributed by atoms with van der Waals surface area (Å²) in [5.41, 5.74) is 1.07. The van der Waals surface area contributed by atoms with E-state index in [9.17, 15) is 5.11 Å². The summed E-state index contributed by atoms with van der Waals surface area (Å²) in [6.07, 6.45) is 3.02. The summed E-state index contributed by atoms with van der Waals surface area (Å²) in [4.78, 5) is 0. The largest absolute Gasteiger partial charge is 0.454 e. The van der Waals surface area contributed by atoms with Crippen LogP contribution in [0.1, 0.15) is 24.8 Å². The average Bonchev–Trinajstić information content (AvgIpc) is 2.99. The van der Waals surface area contributed by atoms with Crippen molar-refractivity contribution in [2.75, 3.05) is 13.3 Å². The molecule has 2 N–H and O–H groups in total. The summed E-state index contributed by atoms with van der Waals surface area (Å²) in [6.45, 7) is 1.80. The van der Waals surface area contributed by atoms with Gasteiger partial charge in [-0.2, -0.15) is 0 Å². The summed E-state index contributed by atoms with van der Waals surface area (Å²) >= 11 is 6.13. The van der Waals surface area contributed by atoms with Gasteiger partial charge in [0.05, 0.1) is 11.1 Å². The molecule has 104 valence electrons. The molecule has 1 fully saturated rings. The standard InChI is InChI=1S/C14H18ClNO3/c15-11-4-9(5-13-14(11)19-8-18-13)6-16-7-10-2-1-3-12(10)17/h4-5,10,12,16-17H,1-3,6-8H2. The Kier molecular flexibility index (Phi) is 3.82. The number of nitrogens with one attached hydrogen (secondary N) is 1. The maximum atomic E-state index is 9.76. The van der Waals surface area contributed by atoms with E-state index in [0.717, 1.165) is 37.9 Å². The monoisotopic (exact) mass is 283 g/mol. The molecule has 1 saturated carbocycles. The minimum atomic E-state index is -0.146. The van der Waals surface area contributed by atoms with Crippen molar-refractivity contribution in [3.05, 3.63) is 22.7 Å². The predicted octanol–water partition coefficient (Wildman–Crippen LogP) is 2.32. The lowest BCUT2D eigenvalue weighted by Gasteiger charge is -2.15. The molecule has 1 aromatic rings. The van der Waals surface area contributed by atoms with Crippen molar-refractivity contribution < 1.29 is 14.6 Å². The number of fused-ring (bicyclic) bond motifs is 1. The smallest absolute Gasteiger partial charge is 0.231 e. The molecule has 0 aromatic heterocycles. The molecule has 0 saturated heterocycles. The van der Waals surface area contributed by atoms with Gasteiger partial charge in [0.2, 0.25) is 6.79 Å². The fourth-order valence-electron chi connectivity index (χ4n) is 2.78. The van der Waals surface area contributed by atoms with Crippen LogP contribution in [0.4, 0.5) is 0 Å². The van der Waals surface area contributed by atoms with E-state index in [4.69, 9.17) is 21.1 Å². The van der Waals surface area contributed by atoms with Crippen LogP contribution in [0.2, 0.25) is 5.02 Å². The quantitative estimate of drug-likeness (QED) is 0.890. The number of aliphatic hydroxyl groups is 1. The molecule has 1 aliphatic carbocycles. The van der Waals surface area contributed by atoms with E-state index in [1.54, 1.807) is 0 Å². The van der Waals surface area contributed by atoms with E-state index in [-0.39, 0.29) is 12.9 Å². The van der Waals surface area contributed by atoms with Crippen LogP contribution in [0.15, 0.2) is 12.1 Å². The van der Waals surface area contributed by atoms with Crippen LogP contribution in [0.25, 0.3) is 0 Å². The molecule has 2 aliphatic rings. The van der Waals surface area contributed by atoms with Crippen LogP contribution >= 0.6 is 11.6 Å². The van der Waals surface area contributed by atoms with Crippen LogP contribution in [-0.2, 0) is 6.54 Å². The summed E-state index contributed by atoms with van der Waals surface area (Å²) in [6, 6.07) is 3.85. The maximum absolute atomic E-state index is 9.76. The molecule has 5 heteroatoms. The van der Waals surface area contributed by atoms with Crippen molar-refractivity contribution in [2.45, 2.75) is 31.9 Å². The van der Waals surface area contributed by atoms with Crippen LogP contribution < -0.4 is 14.8 Å². The Morgan fingerprint density at radius 3 is 3.00 bits per heavy atom. The van der Waals surface area contributed by atoms with Crippen LogP contribution in [0, 0.1) is 5.92 Å². The van der Waals surface area contributed by atoms with E-state index in [0.29, 0.717) is 22.4 Å². The van der Waals surface area contributed by atoms with Crippen molar-refractivity contribution in [2.24, 2.45) is 5.92 Å². The zero-order valence-corrected chi connectivity index (χ0v) is 11.4. The Morgan fingerprint density at radius 1 is 1.32 bits per heavy atom. The number of ether oxygens (including phenoxy) is 2. The topological polar surface area (TPSA) is 50.7 Å². The molecule has 0 spiro atoms. The van der Waals surface area contributed by atoms with Gasteiger partial charge in [0.1, 0.15) is 0 Å². The van der Waals surface area contributed by atoms with Crippen molar-refractivity contribution in [3.63, 3.8) is 0 Å². The molecule has 19 heavy (non-hydrogen) atoms. The molecule has 4 nitrogen and oxygen atoms in total. The Balaban J connectivity index is 1.57. The van der Waals surface area contributed by atoms with E-state index in [1.165, 1.54) is 0 Å². The lowest BCUT2D eigenvalue weighted by atomic mass is 10.1. The van der Waals surface area contributed by atoms with Gasteiger partial charge in [-0.3, -0.25) is 0 Å². The highest BCUT2D eigenvalue weighted by atomic mass is 35.5. The van der Waals surface area contributed by atoms with E-state index >= 15 is 0 Å². The Morgan fingerprint density at radius 2 is 2.21 bits per heavy atom. The van der Waals surface area contributed by atoms with Gasteiger partial charge in [0, 0.05) is 13.1 Å². The number of aliphatic hydroxyl groups excluding tert-OH is 1. The van der Waals surface area contributed by atoms with Gasteiger partial charge >= 0.3 is 0 Å². The predicted molar refractivity (Wildman–Crippen MR) is 72.6 cm³/mol. The van der Waals surface area contributed by atoms with Gasteiger partial charge in [-0.1, -0.05) is 18.0 Å². The van der Waals surface area contributed by atoms with Crippen LogP contribution in [0.3, 0.4) is 0 Å². The first-order chi connectivity index (χ1) is 9.24. The summed E-state index contributed by atoms with van der Waals surface area (Å²) in [7, 11) is 0. The van der Waals surface area contributed by atoms with Crippen LogP contribution in [0.5, 0.6) is 11.5 Å². The molecule has 2 atom stereocenters. The number of hydrogen-bond donors (Lipinski definition) is 2. The highest BCUT2D eigenvalue weighted by molar-refractivity contribution is 6.32. The van der Waals surface area contributed by atoms with Gasteiger partial charge in [0.15, 0.2) is 11.5 Å². The molecule has 3 rings (SSSR count). The molecular formula is C14H18ClNO3. The molecule has 0 bridgehead atoms. The number of benzene rings is 1. The number of hydrogen-bond acceptors (Lipinski definition) is 4. The lowest BCUT2D eigenvalue weighted by molar-refractivity contribution is 0.131. The van der Waals surface area contributed by atoms with Crippen molar-refractivity contribution in [1.29, 1.82) is 0 Å². The first kappa shape index (κ1) is 13.0. The van der Waals surface area contributed by atoms with E-state index < -0.39 is 0 Å². The number of halogens is 1. The highest BCUT2D eigenvalue weighted by Gasteiger charge is 2.24. The minimum absolute atomic E-state index is 0.146. The van der Waals surface area contributed by atoms with Gasteiger partial charge in [-0.15, -0.1) is 0 Å². The van der Waals surface area contributed by atoms with Gasteiger partial charge < -0.3 is 19.9 Å². The first-order valence-corrected chi connectivity index (χ1v) is 7.08. The minimum Gasteiger partial charge on any atom is -0.454 e. The normalized spacial score (nSPS) is 24.9. The zero-order chi connectivity index (χ0) is 13.2. The molecule has 1 heterocycles. The van der Waals surface area contributed by atoms with E-state index in [1.807, 2.05) is 12.1 Å².